The van der Waals surface area contributed by atoms with Crippen LogP contribution in [-0.4, -0.2) is 80.3 Å². The van der Waals surface area contributed by atoms with Gasteiger partial charge < -0.3 is 19.3 Å². The Bertz CT molecular complexity index is 739. The Hall–Kier alpha value is -2.58. The highest BCUT2D eigenvalue weighted by Crippen LogP contribution is 2.34. The minimum atomic E-state index is -0.673. The molecule has 0 saturated carbocycles. The van der Waals surface area contributed by atoms with Crippen LogP contribution in [0.5, 0.6) is 11.5 Å². The predicted molar refractivity (Wildman–Crippen MR) is 93.1 cm³/mol. The number of aliphatic hydroxyl groups excluding tert-OH is 1. The molecule has 3 rings (SSSR count). The van der Waals surface area contributed by atoms with Crippen molar-refractivity contribution in [1.29, 1.82) is 0 Å². The van der Waals surface area contributed by atoms with E-state index in [1.807, 2.05) is 0 Å². The molecule has 8 heteroatoms. The molecule has 0 bridgehead atoms. The molecule has 0 unspecified atom stereocenters. The molecule has 0 radical (unpaired) electrons. The van der Waals surface area contributed by atoms with Gasteiger partial charge in [0.2, 0.25) is 0 Å². The zero-order valence-electron chi connectivity index (χ0n) is 14.9. The van der Waals surface area contributed by atoms with Crippen LogP contribution in [-0.2, 0) is 14.3 Å². The first-order valence-corrected chi connectivity index (χ1v) is 8.38. The number of imide groups is 1. The van der Waals surface area contributed by atoms with Crippen molar-refractivity contribution in [3.8, 4) is 11.5 Å². The maximum Gasteiger partial charge on any atom is 0.296 e. The van der Waals surface area contributed by atoms with Crippen molar-refractivity contribution in [2.45, 2.75) is 0 Å². The Morgan fingerprint density at radius 3 is 2.38 bits per heavy atom. The van der Waals surface area contributed by atoms with Gasteiger partial charge in [-0.2, -0.15) is 0 Å². The topological polar surface area (TPSA) is 88.5 Å². The smallest absolute Gasteiger partial charge is 0.296 e. The van der Waals surface area contributed by atoms with Crippen molar-refractivity contribution >= 4 is 17.4 Å². The van der Waals surface area contributed by atoms with Crippen LogP contribution in [0, 0.1) is 0 Å². The molecular formula is C18H22N2O6. The molecule has 2 aliphatic rings. The van der Waals surface area contributed by atoms with Crippen molar-refractivity contribution in [3.63, 3.8) is 0 Å². The Morgan fingerprint density at radius 2 is 1.73 bits per heavy atom. The van der Waals surface area contributed by atoms with Gasteiger partial charge in [0.1, 0.15) is 0 Å². The van der Waals surface area contributed by atoms with Crippen LogP contribution in [0.1, 0.15) is 5.56 Å². The average Bonchev–Trinajstić information content (AvgIpc) is 2.89. The Balaban J connectivity index is 1.78. The molecule has 0 aliphatic carbocycles. The van der Waals surface area contributed by atoms with E-state index in [1.165, 1.54) is 14.2 Å². The number of carbonyl (C=O) groups is 2. The van der Waals surface area contributed by atoms with Gasteiger partial charge in [-0.3, -0.25) is 19.4 Å². The van der Waals surface area contributed by atoms with Crippen molar-refractivity contribution < 1.29 is 28.9 Å². The average molecular weight is 362 g/mol. The van der Waals surface area contributed by atoms with E-state index < -0.39 is 17.6 Å². The van der Waals surface area contributed by atoms with E-state index in [1.54, 1.807) is 18.2 Å². The molecule has 8 nitrogen and oxygen atoms in total. The predicted octanol–water partition coefficient (Wildman–Crippen LogP) is 0.674. The standard InChI is InChI=1S/C18H22N2O6/c1-24-13-4-3-12(11-14(13)25-2)15-16(21)18(23)20(17(15)22)6-5-19-7-9-26-10-8-19/h3-4,11,21H,5-10H2,1-2H3. The van der Waals surface area contributed by atoms with E-state index in [2.05, 4.69) is 4.90 Å². The summed E-state index contributed by atoms with van der Waals surface area (Å²) < 4.78 is 15.7. The fourth-order valence-electron chi connectivity index (χ4n) is 3.08. The minimum Gasteiger partial charge on any atom is -0.502 e. The molecule has 0 spiro atoms. The van der Waals surface area contributed by atoms with Crippen LogP contribution in [0.4, 0.5) is 0 Å². The molecule has 1 aromatic rings. The molecule has 2 aliphatic heterocycles. The van der Waals surface area contributed by atoms with Gasteiger partial charge in [0, 0.05) is 26.2 Å². The zero-order chi connectivity index (χ0) is 18.7. The molecule has 1 N–H and O–H groups in total. The number of hydrogen-bond donors (Lipinski definition) is 1. The molecule has 1 fully saturated rings. The fraction of sp³-hybridized carbons (Fsp3) is 0.444. The lowest BCUT2D eigenvalue weighted by molar-refractivity contribution is -0.138. The van der Waals surface area contributed by atoms with Crippen LogP contribution in [0.3, 0.4) is 0 Å². The molecular weight excluding hydrogens is 340 g/mol. The van der Waals surface area contributed by atoms with Gasteiger partial charge in [0.05, 0.1) is 33.0 Å². The largest absolute Gasteiger partial charge is 0.502 e. The fourth-order valence-corrected chi connectivity index (χ4v) is 3.08. The SMILES string of the molecule is COc1ccc(C2=C(O)C(=O)N(CCN3CCOCC3)C2=O)cc1OC. The normalized spacial score (nSPS) is 18.6. The Labute approximate surface area is 151 Å². The van der Waals surface area contributed by atoms with Crippen molar-refractivity contribution in [1.82, 2.24) is 9.80 Å². The number of carbonyl (C=O) groups excluding carboxylic acids is 2. The van der Waals surface area contributed by atoms with Crippen molar-refractivity contribution in [3.05, 3.63) is 29.5 Å². The first-order chi connectivity index (χ1) is 12.6. The maximum atomic E-state index is 12.7. The van der Waals surface area contributed by atoms with Gasteiger partial charge in [-0.05, 0) is 17.7 Å². The van der Waals surface area contributed by atoms with Crippen molar-refractivity contribution in [2.24, 2.45) is 0 Å². The quantitative estimate of drug-likeness (QED) is 0.744. The van der Waals surface area contributed by atoms with Crippen LogP contribution in [0.25, 0.3) is 5.57 Å². The van der Waals surface area contributed by atoms with Crippen LogP contribution in [0.2, 0.25) is 0 Å². The summed E-state index contributed by atoms with van der Waals surface area (Å²) in [6.45, 7) is 3.58. The summed E-state index contributed by atoms with van der Waals surface area (Å²) in [6.07, 6.45) is 0. The number of ether oxygens (including phenoxy) is 3. The third-order valence-electron chi connectivity index (χ3n) is 4.56. The van der Waals surface area contributed by atoms with Gasteiger partial charge in [0.25, 0.3) is 11.8 Å². The number of nitrogens with zero attached hydrogens (tertiary/aromatic N) is 2. The van der Waals surface area contributed by atoms with E-state index in [-0.39, 0.29) is 12.1 Å². The van der Waals surface area contributed by atoms with Crippen LogP contribution in [0.15, 0.2) is 24.0 Å². The summed E-state index contributed by atoms with van der Waals surface area (Å²) in [5.41, 5.74) is 0.394. The Morgan fingerprint density at radius 1 is 1.04 bits per heavy atom. The minimum absolute atomic E-state index is 0.0158. The lowest BCUT2D eigenvalue weighted by atomic mass is 10.0. The number of hydrogen-bond acceptors (Lipinski definition) is 7. The number of amides is 2. The summed E-state index contributed by atoms with van der Waals surface area (Å²) >= 11 is 0. The van der Waals surface area contributed by atoms with E-state index in [4.69, 9.17) is 14.2 Å². The Kier molecular flexibility index (Phi) is 5.43. The number of benzene rings is 1. The summed E-state index contributed by atoms with van der Waals surface area (Å²) in [5.74, 6) is -0.806. The van der Waals surface area contributed by atoms with E-state index in [0.29, 0.717) is 36.8 Å². The number of morpholine rings is 1. The number of methoxy groups -OCH3 is 2. The maximum absolute atomic E-state index is 12.7. The molecule has 2 heterocycles. The van der Waals surface area contributed by atoms with Crippen molar-refractivity contribution in [2.75, 3.05) is 53.6 Å². The molecule has 140 valence electrons. The van der Waals surface area contributed by atoms with Gasteiger partial charge in [0.15, 0.2) is 17.3 Å². The van der Waals surface area contributed by atoms with Gasteiger partial charge in [-0.1, -0.05) is 6.07 Å². The second kappa shape index (κ2) is 7.76. The van der Waals surface area contributed by atoms with Gasteiger partial charge in [-0.15, -0.1) is 0 Å². The highest BCUT2D eigenvalue weighted by atomic mass is 16.5. The molecule has 1 aromatic carbocycles. The third kappa shape index (κ3) is 3.38. The lowest BCUT2D eigenvalue weighted by Gasteiger charge is -2.28. The van der Waals surface area contributed by atoms with E-state index in [9.17, 15) is 14.7 Å². The first kappa shape index (κ1) is 18.2. The molecule has 1 saturated heterocycles. The molecule has 0 aromatic heterocycles. The van der Waals surface area contributed by atoms with Gasteiger partial charge in [-0.25, -0.2) is 0 Å². The molecule has 2 amide bonds. The molecule has 0 atom stereocenters. The summed E-state index contributed by atoms with van der Waals surface area (Å²) in [7, 11) is 2.98. The van der Waals surface area contributed by atoms with Crippen LogP contribution >= 0.6 is 0 Å². The number of aliphatic hydroxyl groups is 1. The monoisotopic (exact) mass is 362 g/mol. The lowest BCUT2D eigenvalue weighted by Crippen LogP contribution is -2.43. The number of rotatable bonds is 6. The summed E-state index contributed by atoms with van der Waals surface area (Å²) in [6, 6.07) is 4.81. The highest BCUT2D eigenvalue weighted by Gasteiger charge is 2.39. The second-order valence-electron chi connectivity index (χ2n) is 6.01. The van der Waals surface area contributed by atoms with Gasteiger partial charge >= 0.3 is 0 Å². The zero-order valence-corrected chi connectivity index (χ0v) is 14.9. The highest BCUT2D eigenvalue weighted by molar-refractivity contribution is 6.34. The third-order valence-corrected chi connectivity index (χ3v) is 4.56. The molecule has 26 heavy (non-hydrogen) atoms. The summed E-state index contributed by atoms with van der Waals surface area (Å²) in [4.78, 5) is 28.3. The van der Waals surface area contributed by atoms with E-state index in [0.717, 1.165) is 18.0 Å². The second-order valence-corrected chi connectivity index (χ2v) is 6.01. The summed E-state index contributed by atoms with van der Waals surface area (Å²) in [5, 5.41) is 10.2. The van der Waals surface area contributed by atoms with E-state index >= 15 is 0 Å². The first-order valence-electron chi connectivity index (χ1n) is 8.38. The van der Waals surface area contributed by atoms with Crippen LogP contribution < -0.4 is 9.47 Å².